The van der Waals surface area contributed by atoms with E-state index in [4.69, 9.17) is 9.47 Å². The first kappa shape index (κ1) is 12.7. The zero-order valence-electron chi connectivity index (χ0n) is 8.69. The highest BCUT2D eigenvalue weighted by molar-refractivity contribution is 4.84. The van der Waals surface area contributed by atoms with E-state index in [9.17, 15) is 13.2 Å². The van der Waals surface area contributed by atoms with Crippen LogP contribution in [-0.2, 0) is 9.47 Å². The van der Waals surface area contributed by atoms with Gasteiger partial charge in [0.1, 0.15) is 6.61 Å². The molecule has 1 fully saturated rings. The molecule has 1 aliphatic rings. The van der Waals surface area contributed by atoms with E-state index < -0.39 is 12.8 Å². The van der Waals surface area contributed by atoms with E-state index in [0.717, 1.165) is 6.42 Å². The summed E-state index contributed by atoms with van der Waals surface area (Å²) >= 11 is 0. The number of halogens is 3. The largest absolute Gasteiger partial charge is 0.411 e. The molecular formula is C9H16F3NO2. The number of rotatable bonds is 5. The molecule has 1 N–H and O–H groups in total. The lowest BCUT2D eigenvalue weighted by Gasteiger charge is -2.26. The van der Waals surface area contributed by atoms with E-state index in [-0.39, 0.29) is 12.0 Å². The highest BCUT2D eigenvalue weighted by Crippen LogP contribution is 2.29. The van der Waals surface area contributed by atoms with Gasteiger partial charge in [-0.3, -0.25) is 0 Å². The standard InChI is InChI=1S/C9H16F3NO2/c1-13-4-8(2-3-14-5-8)6-15-7-9(10,11)12/h13H,2-7H2,1H3. The van der Waals surface area contributed by atoms with Crippen LogP contribution >= 0.6 is 0 Å². The first-order valence-corrected chi connectivity index (χ1v) is 4.84. The van der Waals surface area contributed by atoms with Gasteiger partial charge in [-0.15, -0.1) is 0 Å². The second kappa shape index (κ2) is 5.14. The third-order valence-corrected chi connectivity index (χ3v) is 2.41. The van der Waals surface area contributed by atoms with Crippen LogP contribution in [0.25, 0.3) is 0 Å². The Hall–Kier alpha value is -0.330. The van der Waals surface area contributed by atoms with Crippen LogP contribution in [0.15, 0.2) is 0 Å². The Kier molecular flexibility index (Phi) is 4.36. The van der Waals surface area contributed by atoms with E-state index >= 15 is 0 Å². The molecule has 1 unspecified atom stereocenters. The molecule has 0 radical (unpaired) electrons. The number of ether oxygens (including phenoxy) is 2. The fraction of sp³-hybridized carbons (Fsp3) is 1.00. The van der Waals surface area contributed by atoms with E-state index in [1.54, 1.807) is 7.05 Å². The third-order valence-electron chi connectivity index (χ3n) is 2.41. The van der Waals surface area contributed by atoms with Crippen molar-refractivity contribution in [2.75, 3.05) is 40.0 Å². The summed E-state index contributed by atoms with van der Waals surface area (Å²) in [6, 6.07) is 0. The minimum absolute atomic E-state index is 0.0906. The van der Waals surface area contributed by atoms with Crippen LogP contribution in [0.3, 0.4) is 0 Å². The molecule has 0 aromatic heterocycles. The van der Waals surface area contributed by atoms with Gasteiger partial charge in [-0.1, -0.05) is 0 Å². The first-order valence-electron chi connectivity index (χ1n) is 4.84. The normalized spacial score (nSPS) is 27.2. The number of alkyl halides is 3. The Balaban J connectivity index is 2.32. The maximum atomic E-state index is 11.9. The maximum absolute atomic E-state index is 11.9. The van der Waals surface area contributed by atoms with Crippen LogP contribution < -0.4 is 5.32 Å². The highest BCUT2D eigenvalue weighted by Gasteiger charge is 2.36. The van der Waals surface area contributed by atoms with Crippen LogP contribution in [0, 0.1) is 5.41 Å². The smallest absolute Gasteiger partial charge is 0.381 e. The monoisotopic (exact) mass is 227 g/mol. The zero-order chi connectivity index (χ0) is 11.4. The van der Waals surface area contributed by atoms with Gasteiger partial charge < -0.3 is 14.8 Å². The van der Waals surface area contributed by atoms with Crippen molar-refractivity contribution in [3.63, 3.8) is 0 Å². The summed E-state index contributed by atoms with van der Waals surface area (Å²) in [4.78, 5) is 0. The fourth-order valence-electron chi connectivity index (χ4n) is 1.71. The third kappa shape index (κ3) is 4.36. The van der Waals surface area contributed by atoms with Gasteiger partial charge in [-0.25, -0.2) is 0 Å². The summed E-state index contributed by atoms with van der Waals surface area (Å²) in [7, 11) is 1.77. The van der Waals surface area contributed by atoms with Crippen LogP contribution in [0.4, 0.5) is 13.2 Å². The molecule has 1 aliphatic heterocycles. The second-order valence-electron chi connectivity index (χ2n) is 3.94. The summed E-state index contributed by atoms with van der Waals surface area (Å²) in [6.07, 6.45) is -3.51. The van der Waals surface area contributed by atoms with Gasteiger partial charge in [0.2, 0.25) is 0 Å². The minimum Gasteiger partial charge on any atom is -0.381 e. The van der Waals surface area contributed by atoms with Crippen molar-refractivity contribution in [3.05, 3.63) is 0 Å². The summed E-state index contributed by atoms with van der Waals surface area (Å²) < 4.78 is 45.5. The SMILES string of the molecule is CNCC1(COCC(F)(F)F)CCOC1. The zero-order valence-corrected chi connectivity index (χ0v) is 8.69. The predicted octanol–water partition coefficient (Wildman–Crippen LogP) is 1.19. The quantitative estimate of drug-likeness (QED) is 0.765. The number of hydrogen-bond donors (Lipinski definition) is 1. The molecule has 0 saturated carbocycles. The van der Waals surface area contributed by atoms with Gasteiger partial charge in [-0.2, -0.15) is 13.2 Å². The topological polar surface area (TPSA) is 30.5 Å². The van der Waals surface area contributed by atoms with Crippen LogP contribution in [0.1, 0.15) is 6.42 Å². The van der Waals surface area contributed by atoms with Crippen LogP contribution in [0.5, 0.6) is 0 Å². The molecule has 0 aromatic carbocycles. The number of hydrogen-bond acceptors (Lipinski definition) is 3. The molecule has 1 saturated heterocycles. The van der Waals surface area contributed by atoms with E-state index in [1.807, 2.05) is 0 Å². The summed E-state index contributed by atoms with van der Waals surface area (Å²) in [5.41, 5.74) is -0.292. The molecule has 90 valence electrons. The second-order valence-corrected chi connectivity index (χ2v) is 3.94. The Bertz CT molecular complexity index is 190. The Morgan fingerprint density at radius 1 is 1.47 bits per heavy atom. The summed E-state index contributed by atoms with van der Waals surface area (Å²) in [5.74, 6) is 0. The lowest BCUT2D eigenvalue weighted by molar-refractivity contribution is -0.180. The van der Waals surface area contributed by atoms with Gasteiger partial charge in [0.25, 0.3) is 0 Å². The van der Waals surface area contributed by atoms with Crippen molar-refractivity contribution < 1.29 is 22.6 Å². The Morgan fingerprint density at radius 3 is 2.67 bits per heavy atom. The molecule has 0 spiro atoms. The molecule has 3 nitrogen and oxygen atoms in total. The average Bonchev–Trinajstić information content (AvgIpc) is 2.52. The van der Waals surface area contributed by atoms with Gasteiger partial charge in [0.15, 0.2) is 0 Å². The van der Waals surface area contributed by atoms with Gasteiger partial charge in [0.05, 0.1) is 13.2 Å². The fourth-order valence-corrected chi connectivity index (χ4v) is 1.71. The van der Waals surface area contributed by atoms with E-state index in [0.29, 0.717) is 19.8 Å². The lowest BCUT2D eigenvalue weighted by atomic mass is 9.88. The van der Waals surface area contributed by atoms with E-state index in [1.165, 1.54) is 0 Å². The summed E-state index contributed by atoms with van der Waals surface area (Å²) in [6.45, 7) is 0.583. The van der Waals surface area contributed by atoms with Crippen molar-refractivity contribution in [1.82, 2.24) is 5.32 Å². The molecule has 1 heterocycles. The highest BCUT2D eigenvalue weighted by atomic mass is 19.4. The predicted molar refractivity (Wildman–Crippen MR) is 48.7 cm³/mol. The molecule has 6 heteroatoms. The molecule has 0 bridgehead atoms. The molecule has 0 amide bonds. The molecule has 15 heavy (non-hydrogen) atoms. The maximum Gasteiger partial charge on any atom is 0.411 e. The Morgan fingerprint density at radius 2 is 2.20 bits per heavy atom. The van der Waals surface area contributed by atoms with Crippen molar-refractivity contribution >= 4 is 0 Å². The van der Waals surface area contributed by atoms with Gasteiger partial charge in [-0.05, 0) is 13.5 Å². The average molecular weight is 227 g/mol. The minimum atomic E-state index is -4.25. The van der Waals surface area contributed by atoms with Crippen LogP contribution in [0.2, 0.25) is 0 Å². The Labute approximate surface area is 86.9 Å². The van der Waals surface area contributed by atoms with E-state index in [2.05, 4.69) is 5.32 Å². The lowest BCUT2D eigenvalue weighted by Crippen LogP contribution is -2.38. The van der Waals surface area contributed by atoms with Crippen molar-refractivity contribution in [2.45, 2.75) is 12.6 Å². The molecule has 0 aliphatic carbocycles. The molecule has 0 aromatic rings. The van der Waals surface area contributed by atoms with Gasteiger partial charge >= 0.3 is 6.18 Å². The molecular weight excluding hydrogens is 211 g/mol. The van der Waals surface area contributed by atoms with Crippen LogP contribution in [-0.4, -0.2) is 46.2 Å². The molecule has 1 atom stereocenters. The first-order chi connectivity index (χ1) is 6.97. The summed E-state index contributed by atoms with van der Waals surface area (Å²) in [5, 5.41) is 2.96. The van der Waals surface area contributed by atoms with Crippen molar-refractivity contribution in [1.29, 1.82) is 0 Å². The number of nitrogens with one attached hydrogen (secondary N) is 1. The van der Waals surface area contributed by atoms with Crippen molar-refractivity contribution in [2.24, 2.45) is 5.41 Å². The van der Waals surface area contributed by atoms with Gasteiger partial charge in [0, 0.05) is 18.6 Å². The van der Waals surface area contributed by atoms with Crippen molar-refractivity contribution in [3.8, 4) is 0 Å². The molecule has 1 rings (SSSR count).